The molecule has 1 atom stereocenters. The lowest BCUT2D eigenvalue weighted by Gasteiger charge is -2.38. The van der Waals surface area contributed by atoms with E-state index >= 15 is 0 Å². The van der Waals surface area contributed by atoms with Gasteiger partial charge < -0.3 is 31.4 Å². The van der Waals surface area contributed by atoms with Crippen LogP contribution in [0.5, 0.6) is 5.75 Å². The molecular weight excluding hydrogens is 410 g/mol. The summed E-state index contributed by atoms with van der Waals surface area (Å²) in [6, 6.07) is 6.06. The van der Waals surface area contributed by atoms with Crippen molar-refractivity contribution >= 4 is 22.8 Å². The number of anilines is 2. The Morgan fingerprint density at radius 1 is 1.31 bits per heavy atom. The van der Waals surface area contributed by atoms with E-state index in [0.717, 1.165) is 35.2 Å². The SMILES string of the molecule is CCCC(CCO)Nc1nc(N)nc2cnn(Cc3ccc(C4(N)COC4)cc3OC)c12. The topological polar surface area (TPSA) is 146 Å². The van der Waals surface area contributed by atoms with Gasteiger partial charge in [-0.3, -0.25) is 4.68 Å². The van der Waals surface area contributed by atoms with Gasteiger partial charge in [0, 0.05) is 18.2 Å². The summed E-state index contributed by atoms with van der Waals surface area (Å²) in [6.45, 7) is 3.66. The third kappa shape index (κ3) is 4.34. The molecule has 1 saturated heterocycles. The van der Waals surface area contributed by atoms with Gasteiger partial charge >= 0.3 is 0 Å². The third-order valence-electron chi connectivity index (χ3n) is 5.86. The summed E-state index contributed by atoms with van der Waals surface area (Å²) in [5.41, 5.74) is 15.2. The summed E-state index contributed by atoms with van der Waals surface area (Å²) < 4.78 is 12.8. The number of methoxy groups -OCH3 is 1. The Balaban J connectivity index is 1.68. The Bertz CT molecular complexity index is 1070. The molecule has 0 bridgehead atoms. The van der Waals surface area contributed by atoms with Gasteiger partial charge in [-0.2, -0.15) is 10.1 Å². The fourth-order valence-corrected chi connectivity index (χ4v) is 4.06. The molecule has 32 heavy (non-hydrogen) atoms. The van der Waals surface area contributed by atoms with Crippen molar-refractivity contribution in [3.05, 3.63) is 35.5 Å². The minimum absolute atomic E-state index is 0.0742. The molecule has 2 aromatic heterocycles. The monoisotopic (exact) mass is 441 g/mol. The predicted octanol–water partition coefficient (Wildman–Crippen LogP) is 1.61. The second-order valence-electron chi connectivity index (χ2n) is 8.28. The first kappa shape index (κ1) is 22.3. The molecule has 0 aliphatic carbocycles. The van der Waals surface area contributed by atoms with E-state index in [0.29, 0.717) is 37.5 Å². The minimum Gasteiger partial charge on any atom is -0.496 e. The molecule has 1 unspecified atom stereocenters. The standard InChI is InChI=1S/C22H31N7O3/c1-3-4-16(7-8-30)26-20-19-17(27-21(23)28-20)10-25-29(19)11-14-5-6-15(9-18(14)31-2)22(24)12-32-13-22/h5-6,9-10,16,30H,3-4,7-8,11-13,24H2,1-2H3,(H3,23,26,27,28). The Morgan fingerprint density at radius 2 is 2.12 bits per heavy atom. The van der Waals surface area contributed by atoms with Gasteiger partial charge in [-0.15, -0.1) is 0 Å². The Hall–Kier alpha value is -2.95. The van der Waals surface area contributed by atoms with Crippen molar-refractivity contribution in [1.82, 2.24) is 19.7 Å². The molecule has 10 nitrogen and oxygen atoms in total. The summed E-state index contributed by atoms with van der Waals surface area (Å²) in [5, 5.41) is 17.4. The second-order valence-corrected chi connectivity index (χ2v) is 8.28. The van der Waals surface area contributed by atoms with Crippen LogP contribution in [0, 0.1) is 0 Å². The Labute approximate surface area is 186 Å². The number of aromatic nitrogens is 4. The van der Waals surface area contributed by atoms with Crippen molar-refractivity contribution < 1.29 is 14.6 Å². The highest BCUT2D eigenvalue weighted by Crippen LogP contribution is 2.32. The van der Waals surface area contributed by atoms with Crippen LogP contribution >= 0.6 is 0 Å². The van der Waals surface area contributed by atoms with Gasteiger partial charge in [0.25, 0.3) is 0 Å². The largest absolute Gasteiger partial charge is 0.496 e. The molecule has 10 heteroatoms. The maximum absolute atomic E-state index is 9.43. The lowest BCUT2D eigenvalue weighted by atomic mass is 9.88. The molecule has 0 amide bonds. The van der Waals surface area contributed by atoms with Gasteiger partial charge in [-0.25, -0.2) is 4.98 Å². The number of ether oxygens (including phenoxy) is 2. The van der Waals surface area contributed by atoms with E-state index in [9.17, 15) is 5.11 Å². The van der Waals surface area contributed by atoms with Crippen molar-refractivity contribution in [2.75, 3.05) is 38.0 Å². The highest BCUT2D eigenvalue weighted by Gasteiger charge is 2.36. The molecule has 4 rings (SSSR count). The Morgan fingerprint density at radius 3 is 2.78 bits per heavy atom. The summed E-state index contributed by atoms with van der Waals surface area (Å²) in [7, 11) is 1.64. The van der Waals surface area contributed by atoms with E-state index in [1.807, 2.05) is 22.9 Å². The first-order valence-corrected chi connectivity index (χ1v) is 10.9. The van der Waals surface area contributed by atoms with E-state index < -0.39 is 5.54 Å². The normalized spacial score (nSPS) is 16.0. The molecule has 1 aromatic carbocycles. The van der Waals surface area contributed by atoms with Crippen LogP contribution in [-0.4, -0.2) is 57.8 Å². The van der Waals surface area contributed by atoms with Crippen LogP contribution in [0.3, 0.4) is 0 Å². The number of rotatable bonds is 10. The van der Waals surface area contributed by atoms with Gasteiger partial charge in [-0.1, -0.05) is 25.5 Å². The van der Waals surface area contributed by atoms with Crippen LogP contribution in [0.1, 0.15) is 37.3 Å². The first-order chi connectivity index (χ1) is 15.5. The molecule has 3 aromatic rings. The lowest BCUT2D eigenvalue weighted by Crippen LogP contribution is -2.54. The number of benzene rings is 1. The fourth-order valence-electron chi connectivity index (χ4n) is 4.06. The molecule has 3 heterocycles. The molecule has 0 spiro atoms. The smallest absolute Gasteiger partial charge is 0.222 e. The number of nitrogens with zero attached hydrogens (tertiary/aromatic N) is 4. The third-order valence-corrected chi connectivity index (χ3v) is 5.86. The number of fused-ring (bicyclic) bond motifs is 1. The van der Waals surface area contributed by atoms with Crippen molar-refractivity contribution in [3.63, 3.8) is 0 Å². The highest BCUT2D eigenvalue weighted by atomic mass is 16.5. The molecule has 172 valence electrons. The average molecular weight is 442 g/mol. The van der Waals surface area contributed by atoms with E-state index in [4.69, 9.17) is 20.9 Å². The Kier molecular flexibility index (Phi) is 6.45. The first-order valence-electron chi connectivity index (χ1n) is 10.9. The van der Waals surface area contributed by atoms with Gasteiger partial charge in [0.1, 0.15) is 16.8 Å². The van der Waals surface area contributed by atoms with E-state index in [2.05, 4.69) is 27.3 Å². The van der Waals surface area contributed by atoms with Gasteiger partial charge in [0.2, 0.25) is 5.95 Å². The number of nitrogens with two attached hydrogens (primary N) is 2. The van der Waals surface area contributed by atoms with Crippen LogP contribution in [0.25, 0.3) is 11.0 Å². The number of nitrogen functional groups attached to an aromatic ring is 1. The number of aliphatic hydroxyl groups is 1. The number of hydrogen-bond donors (Lipinski definition) is 4. The number of nitrogens with one attached hydrogen (secondary N) is 1. The molecule has 0 saturated carbocycles. The average Bonchev–Trinajstić information content (AvgIpc) is 3.15. The van der Waals surface area contributed by atoms with Crippen molar-refractivity contribution in [3.8, 4) is 5.75 Å². The molecule has 0 radical (unpaired) electrons. The highest BCUT2D eigenvalue weighted by molar-refractivity contribution is 5.86. The van der Waals surface area contributed by atoms with E-state index in [1.54, 1.807) is 13.3 Å². The quantitative estimate of drug-likeness (QED) is 0.368. The molecule has 1 aliphatic heterocycles. The van der Waals surface area contributed by atoms with Gasteiger partial charge in [0.15, 0.2) is 5.82 Å². The molecule has 1 fully saturated rings. The molecular formula is C22H31N7O3. The zero-order valence-electron chi connectivity index (χ0n) is 18.5. The van der Waals surface area contributed by atoms with Gasteiger partial charge in [-0.05, 0) is 24.5 Å². The molecule has 6 N–H and O–H groups in total. The maximum atomic E-state index is 9.43. The zero-order chi connectivity index (χ0) is 22.7. The predicted molar refractivity (Wildman–Crippen MR) is 123 cm³/mol. The maximum Gasteiger partial charge on any atom is 0.222 e. The van der Waals surface area contributed by atoms with Crippen molar-refractivity contribution in [2.24, 2.45) is 5.73 Å². The van der Waals surface area contributed by atoms with E-state index in [-0.39, 0.29) is 18.6 Å². The van der Waals surface area contributed by atoms with Crippen molar-refractivity contribution in [2.45, 2.75) is 44.3 Å². The summed E-state index contributed by atoms with van der Waals surface area (Å²) in [6.07, 6.45) is 4.19. The van der Waals surface area contributed by atoms with Crippen LogP contribution in [-0.2, 0) is 16.8 Å². The minimum atomic E-state index is -0.465. The van der Waals surface area contributed by atoms with Crippen LogP contribution in [0.2, 0.25) is 0 Å². The summed E-state index contributed by atoms with van der Waals surface area (Å²) in [5.74, 6) is 1.52. The van der Waals surface area contributed by atoms with E-state index in [1.165, 1.54) is 0 Å². The summed E-state index contributed by atoms with van der Waals surface area (Å²) in [4.78, 5) is 8.78. The van der Waals surface area contributed by atoms with Gasteiger partial charge in [0.05, 0.1) is 38.6 Å². The summed E-state index contributed by atoms with van der Waals surface area (Å²) >= 11 is 0. The second kappa shape index (κ2) is 9.27. The zero-order valence-corrected chi connectivity index (χ0v) is 18.5. The van der Waals surface area contributed by atoms with Crippen LogP contribution in [0.15, 0.2) is 24.4 Å². The number of hydrogen-bond acceptors (Lipinski definition) is 9. The lowest BCUT2D eigenvalue weighted by molar-refractivity contribution is -0.0569. The fraction of sp³-hybridized carbons (Fsp3) is 0.500. The van der Waals surface area contributed by atoms with Crippen molar-refractivity contribution in [1.29, 1.82) is 0 Å². The van der Waals surface area contributed by atoms with Crippen LogP contribution < -0.4 is 21.5 Å². The van der Waals surface area contributed by atoms with Crippen LogP contribution in [0.4, 0.5) is 11.8 Å². The molecule has 1 aliphatic rings. The number of aliphatic hydroxyl groups excluding tert-OH is 1.